The molecular formula is C15H26O. The molecule has 2 atom stereocenters. The first-order chi connectivity index (χ1) is 7.65. The van der Waals surface area contributed by atoms with Crippen LogP contribution in [0.3, 0.4) is 0 Å². The smallest absolute Gasteiger partial charge is 0.126 e. The van der Waals surface area contributed by atoms with E-state index in [2.05, 4.69) is 26.0 Å². The lowest BCUT2D eigenvalue weighted by molar-refractivity contribution is -0.109. The van der Waals surface area contributed by atoms with Gasteiger partial charge in [0.2, 0.25) is 0 Å². The predicted molar refractivity (Wildman–Crippen MR) is 69.3 cm³/mol. The first-order valence-corrected chi connectivity index (χ1v) is 6.78. The molecule has 1 unspecified atom stereocenters. The van der Waals surface area contributed by atoms with Gasteiger partial charge in [-0.1, -0.05) is 52.2 Å². The SMILES string of the molecule is CC(C)C(/C=C/[C@H](C)C=O)C1CCCCC1. The van der Waals surface area contributed by atoms with Gasteiger partial charge in [0.25, 0.3) is 0 Å². The third-order valence-corrected chi connectivity index (χ3v) is 3.82. The first kappa shape index (κ1) is 13.5. The Labute approximate surface area is 100 Å². The van der Waals surface area contributed by atoms with Gasteiger partial charge in [0.05, 0.1) is 0 Å². The minimum absolute atomic E-state index is 0.0739. The Hall–Kier alpha value is -0.590. The van der Waals surface area contributed by atoms with E-state index in [1.54, 1.807) is 0 Å². The Kier molecular flexibility index (Phi) is 5.79. The fourth-order valence-electron chi connectivity index (χ4n) is 2.79. The van der Waals surface area contributed by atoms with Crippen LogP contribution in [-0.4, -0.2) is 6.29 Å². The number of hydrogen-bond acceptors (Lipinski definition) is 1. The molecule has 1 saturated carbocycles. The number of rotatable bonds is 5. The average molecular weight is 222 g/mol. The zero-order valence-corrected chi connectivity index (χ0v) is 11.0. The number of hydrogen-bond donors (Lipinski definition) is 0. The number of allylic oxidation sites excluding steroid dienone is 2. The van der Waals surface area contributed by atoms with Gasteiger partial charge in [-0.25, -0.2) is 0 Å². The summed E-state index contributed by atoms with van der Waals surface area (Å²) in [6.07, 6.45) is 12.4. The highest BCUT2D eigenvalue weighted by Gasteiger charge is 2.23. The summed E-state index contributed by atoms with van der Waals surface area (Å²) >= 11 is 0. The molecule has 0 bridgehead atoms. The van der Waals surface area contributed by atoms with Gasteiger partial charge in [-0.05, 0) is 30.6 Å². The minimum Gasteiger partial charge on any atom is -0.303 e. The van der Waals surface area contributed by atoms with Crippen molar-refractivity contribution in [3.63, 3.8) is 0 Å². The summed E-state index contributed by atoms with van der Waals surface area (Å²) in [6.45, 7) is 6.56. The van der Waals surface area contributed by atoms with Crippen LogP contribution in [0.1, 0.15) is 52.9 Å². The molecule has 0 aromatic heterocycles. The van der Waals surface area contributed by atoms with E-state index in [1.807, 2.05) is 6.92 Å². The fraction of sp³-hybridized carbons (Fsp3) is 0.800. The van der Waals surface area contributed by atoms with E-state index in [0.717, 1.165) is 12.2 Å². The standard InChI is InChI=1S/C15H26O/c1-12(2)15(10-9-13(3)11-16)14-7-5-4-6-8-14/h9-15H,4-8H2,1-3H3/b10-9+/t13-,15?/m0/s1. The van der Waals surface area contributed by atoms with Crippen molar-refractivity contribution in [3.8, 4) is 0 Å². The fourth-order valence-corrected chi connectivity index (χ4v) is 2.79. The molecule has 0 amide bonds. The molecule has 0 aliphatic heterocycles. The molecule has 0 aromatic rings. The van der Waals surface area contributed by atoms with Crippen molar-refractivity contribution in [2.24, 2.45) is 23.7 Å². The lowest BCUT2D eigenvalue weighted by Gasteiger charge is -2.31. The maximum Gasteiger partial charge on any atom is 0.126 e. The molecule has 1 heteroatoms. The molecule has 1 aliphatic carbocycles. The number of aldehydes is 1. The van der Waals surface area contributed by atoms with Gasteiger partial charge in [-0.3, -0.25) is 0 Å². The number of carbonyl (C=O) groups is 1. The Morgan fingerprint density at radius 1 is 1.00 bits per heavy atom. The molecule has 0 saturated heterocycles. The van der Waals surface area contributed by atoms with Crippen molar-refractivity contribution >= 4 is 6.29 Å². The first-order valence-electron chi connectivity index (χ1n) is 6.78. The molecule has 1 fully saturated rings. The summed E-state index contributed by atoms with van der Waals surface area (Å²) in [5, 5.41) is 0. The second-order valence-electron chi connectivity index (χ2n) is 5.60. The van der Waals surface area contributed by atoms with Crippen LogP contribution in [0.15, 0.2) is 12.2 Å². The third kappa shape index (κ3) is 4.11. The van der Waals surface area contributed by atoms with Gasteiger partial charge in [-0.2, -0.15) is 0 Å². The summed E-state index contributed by atoms with van der Waals surface area (Å²) in [6, 6.07) is 0. The molecule has 0 heterocycles. The van der Waals surface area contributed by atoms with E-state index in [0.29, 0.717) is 11.8 Å². The normalized spacial score (nSPS) is 22.5. The van der Waals surface area contributed by atoms with Crippen LogP contribution < -0.4 is 0 Å². The van der Waals surface area contributed by atoms with E-state index in [1.165, 1.54) is 32.1 Å². The quantitative estimate of drug-likeness (QED) is 0.502. The Morgan fingerprint density at radius 3 is 2.12 bits per heavy atom. The van der Waals surface area contributed by atoms with Crippen molar-refractivity contribution < 1.29 is 4.79 Å². The number of carbonyl (C=O) groups excluding carboxylic acids is 1. The Morgan fingerprint density at radius 2 is 1.62 bits per heavy atom. The highest BCUT2D eigenvalue weighted by Crippen LogP contribution is 2.34. The van der Waals surface area contributed by atoms with Gasteiger partial charge >= 0.3 is 0 Å². The zero-order valence-electron chi connectivity index (χ0n) is 11.0. The minimum atomic E-state index is 0.0739. The van der Waals surface area contributed by atoms with Crippen LogP contribution in [0, 0.1) is 23.7 Å². The van der Waals surface area contributed by atoms with Crippen LogP contribution in [-0.2, 0) is 4.79 Å². The third-order valence-electron chi connectivity index (χ3n) is 3.82. The second kappa shape index (κ2) is 6.88. The summed E-state index contributed by atoms with van der Waals surface area (Å²) in [7, 11) is 0. The average Bonchev–Trinajstić information content (AvgIpc) is 2.30. The topological polar surface area (TPSA) is 17.1 Å². The van der Waals surface area contributed by atoms with Crippen LogP contribution in [0.25, 0.3) is 0 Å². The van der Waals surface area contributed by atoms with E-state index < -0.39 is 0 Å². The summed E-state index contributed by atoms with van der Waals surface area (Å²) in [4.78, 5) is 10.6. The lowest BCUT2D eigenvalue weighted by atomic mass is 9.75. The van der Waals surface area contributed by atoms with E-state index in [9.17, 15) is 4.79 Å². The predicted octanol–water partition coefficient (Wildman–Crippen LogP) is 4.23. The van der Waals surface area contributed by atoms with E-state index >= 15 is 0 Å². The Balaban J connectivity index is 2.58. The zero-order chi connectivity index (χ0) is 12.0. The molecule has 0 radical (unpaired) electrons. The van der Waals surface area contributed by atoms with Crippen molar-refractivity contribution in [1.82, 2.24) is 0 Å². The molecule has 0 N–H and O–H groups in total. The summed E-state index contributed by atoms with van der Waals surface area (Å²) in [5.41, 5.74) is 0. The maximum atomic E-state index is 10.6. The molecule has 1 rings (SSSR count). The van der Waals surface area contributed by atoms with Gasteiger partial charge < -0.3 is 4.79 Å². The van der Waals surface area contributed by atoms with Crippen molar-refractivity contribution in [2.45, 2.75) is 52.9 Å². The van der Waals surface area contributed by atoms with Gasteiger partial charge in [0.15, 0.2) is 0 Å². The van der Waals surface area contributed by atoms with E-state index in [-0.39, 0.29) is 5.92 Å². The molecule has 0 aromatic carbocycles. The molecule has 0 spiro atoms. The van der Waals surface area contributed by atoms with Crippen LogP contribution in [0.2, 0.25) is 0 Å². The second-order valence-corrected chi connectivity index (χ2v) is 5.60. The summed E-state index contributed by atoms with van der Waals surface area (Å²) in [5.74, 6) is 2.29. The molecule has 1 nitrogen and oxygen atoms in total. The van der Waals surface area contributed by atoms with Crippen LogP contribution in [0.4, 0.5) is 0 Å². The van der Waals surface area contributed by atoms with Crippen molar-refractivity contribution in [2.75, 3.05) is 0 Å². The maximum absolute atomic E-state index is 10.6. The van der Waals surface area contributed by atoms with Crippen molar-refractivity contribution in [3.05, 3.63) is 12.2 Å². The molecular weight excluding hydrogens is 196 g/mol. The van der Waals surface area contributed by atoms with Gasteiger partial charge in [0.1, 0.15) is 6.29 Å². The largest absolute Gasteiger partial charge is 0.303 e. The monoisotopic (exact) mass is 222 g/mol. The van der Waals surface area contributed by atoms with Gasteiger partial charge in [-0.15, -0.1) is 0 Å². The highest BCUT2D eigenvalue weighted by molar-refractivity contribution is 5.55. The molecule has 92 valence electrons. The Bertz CT molecular complexity index is 224. The highest BCUT2D eigenvalue weighted by atomic mass is 16.1. The molecule has 16 heavy (non-hydrogen) atoms. The lowest BCUT2D eigenvalue weighted by Crippen LogP contribution is -2.21. The van der Waals surface area contributed by atoms with Crippen molar-refractivity contribution in [1.29, 1.82) is 0 Å². The molecule has 1 aliphatic rings. The van der Waals surface area contributed by atoms with E-state index in [4.69, 9.17) is 0 Å². The van der Waals surface area contributed by atoms with Crippen LogP contribution >= 0.6 is 0 Å². The van der Waals surface area contributed by atoms with Gasteiger partial charge in [0, 0.05) is 5.92 Å². The van der Waals surface area contributed by atoms with Crippen LogP contribution in [0.5, 0.6) is 0 Å². The summed E-state index contributed by atoms with van der Waals surface area (Å²) < 4.78 is 0.